The minimum Gasteiger partial charge on any atom is -0.319 e. The number of nitrogens with one attached hydrogen (secondary N) is 1. The molecule has 3 heteroatoms. The topological polar surface area (TPSA) is 28.2 Å². The van der Waals surface area contributed by atoms with Crippen LogP contribution < -0.4 is 5.32 Å². The van der Waals surface area contributed by atoms with Gasteiger partial charge in [-0.25, -0.2) is 0 Å². The van der Waals surface area contributed by atoms with Crippen LogP contribution in [0, 0.1) is 5.92 Å². The Morgan fingerprint density at radius 2 is 2.24 bits per heavy atom. The van der Waals surface area contributed by atoms with Crippen molar-refractivity contribution in [2.75, 3.05) is 26.7 Å². The highest BCUT2D eigenvalue weighted by Gasteiger charge is 2.31. The van der Waals surface area contributed by atoms with E-state index in [-0.39, 0.29) is 0 Å². The van der Waals surface area contributed by atoms with Crippen molar-refractivity contribution >= 4 is 10.9 Å². The standard InChI is InChI=1S/C18H25N3/c1-3-21-11-5-7-16(13-19-2)18(21)15-8-9-17-14(12-15)6-4-10-20-17/h4,6,8-10,12,16,18-19H,3,5,7,11,13H2,1-2H3. The Kier molecular flexibility index (Phi) is 4.51. The largest absolute Gasteiger partial charge is 0.319 e. The summed E-state index contributed by atoms with van der Waals surface area (Å²) in [6.45, 7) is 5.70. The summed E-state index contributed by atoms with van der Waals surface area (Å²) in [5.41, 5.74) is 2.53. The first-order chi connectivity index (χ1) is 10.3. The van der Waals surface area contributed by atoms with Gasteiger partial charge in [-0.1, -0.05) is 19.1 Å². The number of fused-ring (bicyclic) bond motifs is 1. The van der Waals surface area contributed by atoms with E-state index in [1.807, 2.05) is 12.3 Å². The molecule has 1 aromatic heterocycles. The van der Waals surface area contributed by atoms with Gasteiger partial charge in [0, 0.05) is 17.6 Å². The van der Waals surface area contributed by atoms with Gasteiger partial charge in [-0.2, -0.15) is 0 Å². The molecule has 0 spiro atoms. The zero-order chi connectivity index (χ0) is 14.7. The van der Waals surface area contributed by atoms with Gasteiger partial charge in [0.2, 0.25) is 0 Å². The van der Waals surface area contributed by atoms with Crippen molar-refractivity contribution in [1.29, 1.82) is 0 Å². The number of nitrogens with zero attached hydrogens (tertiary/aromatic N) is 2. The summed E-state index contributed by atoms with van der Waals surface area (Å²) in [5, 5.41) is 4.63. The van der Waals surface area contributed by atoms with E-state index in [4.69, 9.17) is 0 Å². The Balaban J connectivity index is 1.98. The van der Waals surface area contributed by atoms with E-state index < -0.39 is 0 Å². The highest BCUT2D eigenvalue weighted by Crippen LogP contribution is 2.36. The van der Waals surface area contributed by atoms with Crippen LogP contribution >= 0.6 is 0 Å². The summed E-state index contributed by atoms with van der Waals surface area (Å²) in [6.07, 6.45) is 4.49. The van der Waals surface area contributed by atoms with Gasteiger partial charge in [-0.05, 0) is 69.2 Å². The normalized spacial score (nSPS) is 23.5. The van der Waals surface area contributed by atoms with E-state index in [9.17, 15) is 0 Å². The summed E-state index contributed by atoms with van der Waals surface area (Å²) < 4.78 is 0. The monoisotopic (exact) mass is 283 g/mol. The lowest BCUT2D eigenvalue weighted by Crippen LogP contribution is -2.41. The van der Waals surface area contributed by atoms with Crippen LogP contribution in [0.5, 0.6) is 0 Å². The molecule has 112 valence electrons. The highest BCUT2D eigenvalue weighted by atomic mass is 15.2. The molecular formula is C18H25N3. The Hall–Kier alpha value is -1.45. The second-order valence-corrected chi connectivity index (χ2v) is 5.99. The molecule has 2 heterocycles. The fraction of sp³-hybridized carbons (Fsp3) is 0.500. The number of aromatic nitrogens is 1. The number of piperidine rings is 1. The van der Waals surface area contributed by atoms with Crippen molar-refractivity contribution < 1.29 is 0 Å². The van der Waals surface area contributed by atoms with Crippen LogP contribution in [0.4, 0.5) is 0 Å². The van der Waals surface area contributed by atoms with Crippen LogP contribution in [-0.4, -0.2) is 36.6 Å². The van der Waals surface area contributed by atoms with Crippen molar-refractivity contribution in [3.8, 4) is 0 Å². The van der Waals surface area contributed by atoms with Crippen LogP contribution in [0.15, 0.2) is 36.5 Å². The molecule has 3 nitrogen and oxygen atoms in total. The van der Waals surface area contributed by atoms with E-state index >= 15 is 0 Å². The van der Waals surface area contributed by atoms with Gasteiger partial charge in [0.25, 0.3) is 0 Å². The van der Waals surface area contributed by atoms with Gasteiger partial charge in [-0.15, -0.1) is 0 Å². The maximum atomic E-state index is 4.44. The number of hydrogen-bond acceptors (Lipinski definition) is 3. The van der Waals surface area contributed by atoms with Gasteiger partial charge >= 0.3 is 0 Å². The van der Waals surface area contributed by atoms with Gasteiger partial charge in [0.1, 0.15) is 0 Å². The third-order valence-corrected chi connectivity index (χ3v) is 4.70. The second-order valence-electron chi connectivity index (χ2n) is 5.99. The molecule has 0 aliphatic carbocycles. The maximum absolute atomic E-state index is 4.44. The third-order valence-electron chi connectivity index (χ3n) is 4.70. The number of hydrogen-bond donors (Lipinski definition) is 1. The first-order valence-corrected chi connectivity index (χ1v) is 8.07. The Morgan fingerprint density at radius 1 is 1.33 bits per heavy atom. The molecule has 1 saturated heterocycles. The number of benzene rings is 1. The van der Waals surface area contributed by atoms with Crippen molar-refractivity contribution in [1.82, 2.24) is 15.2 Å². The molecule has 2 atom stereocenters. The van der Waals surface area contributed by atoms with Crippen LogP contribution in [-0.2, 0) is 0 Å². The smallest absolute Gasteiger partial charge is 0.0702 e. The summed E-state index contributed by atoms with van der Waals surface area (Å²) in [4.78, 5) is 7.06. The maximum Gasteiger partial charge on any atom is 0.0702 e. The predicted octanol–water partition coefficient (Wildman–Crippen LogP) is 3.23. The number of rotatable bonds is 4. The van der Waals surface area contributed by atoms with Crippen molar-refractivity contribution in [3.05, 3.63) is 42.1 Å². The van der Waals surface area contributed by atoms with Crippen molar-refractivity contribution in [3.63, 3.8) is 0 Å². The van der Waals surface area contributed by atoms with Gasteiger partial charge in [0.05, 0.1) is 5.52 Å². The van der Waals surface area contributed by atoms with Gasteiger partial charge < -0.3 is 5.32 Å². The first-order valence-electron chi connectivity index (χ1n) is 8.07. The SMILES string of the molecule is CCN1CCCC(CNC)C1c1ccc2ncccc2c1. The Bertz CT molecular complexity index is 594. The van der Waals surface area contributed by atoms with Crippen LogP contribution in [0.2, 0.25) is 0 Å². The zero-order valence-electron chi connectivity index (χ0n) is 13.0. The Labute approximate surface area is 127 Å². The van der Waals surface area contributed by atoms with Crippen LogP contribution in [0.25, 0.3) is 10.9 Å². The highest BCUT2D eigenvalue weighted by molar-refractivity contribution is 5.79. The molecule has 0 radical (unpaired) electrons. The molecule has 0 saturated carbocycles. The molecule has 2 unspecified atom stereocenters. The lowest BCUT2D eigenvalue weighted by Gasteiger charge is -2.41. The van der Waals surface area contributed by atoms with Gasteiger partial charge in [0.15, 0.2) is 0 Å². The molecule has 1 aliphatic heterocycles. The van der Waals surface area contributed by atoms with Crippen molar-refractivity contribution in [2.24, 2.45) is 5.92 Å². The molecule has 1 fully saturated rings. The summed E-state index contributed by atoms with van der Waals surface area (Å²) in [5.74, 6) is 0.692. The fourth-order valence-electron chi connectivity index (χ4n) is 3.74. The minimum absolute atomic E-state index is 0.529. The quantitative estimate of drug-likeness (QED) is 0.934. The van der Waals surface area contributed by atoms with Crippen molar-refractivity contribution in [2.45, 2.75) is 25.8 Å². The summed E-state index contributed by atoms with van der Waals surface area (Å²) >= 11 is 0. The molecule has 1 aromatic carbocycles. The van der Waals surface area contributed by atoms with E-state index in [0.29, 0.717) is 12.0 Å². The molecular weight excluding hydrogens is 258 g/mol. The van der Waals surface area contributed by atoms with E-state index in [0.717, 1.165) is 18.6 Å². The second kappa shape index (κ2) is 6.54. The first kappa shape index (κ1) is 14.5. The molecule has 21 heavy (non-hydrogen) atoms. The average Bonchev–Trinajstić information content (AvgIpc) is 2.54. The lowest BCUT2D eigenvalue weighted by atomic mass is 9.84. The van der Waals surface area contributed by atoms with E-state index in [1.165, 1.54) is 30.3 Å². The number of pyridine rings is 1. The third kappa shape index (κ3) is 2.94. The molecule has 1 N–H and O–H groups in total. The molecule has 3 rings (SSSR count). The van der Waals surface area contributed by atoms with Crippen LogP contribution in [0.1, 0.15) is 31.4 Å². The predicted molar refractivity (Wildman–Crippen MR) is 88.4 cm³/mol. The summed E-state index contributed by atoms with van der Waals surface area (Å²) in [6, 6.07) is 11.5. The zero-order valence-corrected chi connectivity index (χ0v) is 13.0. The molecule has 0 amide bonds. The molecule has 0 bridgehead atoms. The van der Waals surface area contributed by atoms with Crippen LogP contribution in [0.3, 0.4) is 0 Å². The minimum atomic E-state index is 0.529. The fourth-order valence-corrected chi connectivity index (χ4v) is 3.74. The number of likely N-dealkylation sites (tertiary alicyclic amines) is 1. The lowest BCUT2D eigenvalue weighted by molar-refractivity contribution is 0.0983. The van der Waals surface area contributed by atoms with Gasteiger partial charge in [-0.3, -0.25) is 9.88 Å². The van der Waals surface area contributed by atoms with E-state index in [1.54, 1.807) is 0 Å². The van der Waals surface area contributed by atoms with E-state index in [2.05, 4.69) is 53.4 Å². The average molecular weight is 283 g/mol. The summed E-state index contributed by atoms with van der Waals surface area (Å²) in [7, 11) is 2.06. The molecule has 1 aliphatic rings. The molecule has 2 aromatic rings. The Morgan fingerprint density at radius 3 is 3.05 bits per heavy atom.